The fourth-order valence-electron chi connectivity index (χ4n) is 12.1. The Labute approximate surface area is 380 Å². The number of para-hydroxylation sites is 4. The summed E-state index contributed by atoms with van der Waals surface area (Å²) in [6.45, 7) is 0. The first kappa shape index (κ1) is 35.8. The number of rotatable bonds is 4. The molecule has 0 saturated heterocycles. The maximum Gasteiger partial charge on any atom is 0.159 e. The van der Waals surface area contributed by atoms with Gasteiger partial charge in [0, 0.05) is 43.7 Å². The van der Waals surface area contributed by atoms with Crippen molar-refractivity contribution in [2.24, 2.45) is 0 Å². The summed E-state index contributed by atoms with van der Waals surface area (Å²) in [6.07, 6.45) is 0. The Morgan fingerprint density at radius 2 is 0.894 bits per heavy atom. The van der Waals surface area contributed by atoms with Gasteiger partial charge in [0.2, 0.25) is 0 Å². The maximum absolute atomic E-state index is 7.48. The van der Waals surface area contributed by atoms with Gasteiger partial charge in [0.1, 0.15) is 16.7 Å². The van der Waals surface area contributed by atoms with Crippen molar-refractivity contribution in [2.45, 2.75) is 5.41 Å². The summed E-state index contributed by atoms with van der Waals surface area (Å²) in [5.41, 5.74) is 18.5. The van der Waals surface area contributed by atoms with Crippen LogP contribution >= 0.6 is 0 Å². The van der Waals surface area contributed by atoms with Crippen molar-refractivity contribution >= 4 is 82.5 Å². The van der Waals surface area contributed by atoms with Gasteiger partial charge in [-0.1, -0.05) is 194 Å². The smallest absolute Gasteiger partial charge is 0.159 e. The second-order valence-corrected chi connectivity index (χ2v) is 17.8. The Kier molecular flexibility index (Phi) is 7.15. The molecule has 2 aliphatic carbocycles. The Morgan fingerprint density at radius 1 is 0.303 bits per heavy atom. The van der Waals surface area contributed by atoms with Crippen molar-refractivity contribution in [3.8, 4) is 33.4 Å². The molecule has 0 atom stereocenters. The minimum Gasteiger partial charge on any atom is -0.455 e. The highest BCUT2D eigenvalue weighted by Gasteiger charge is 2.50. The second-order valence-electron chi connectivity index (χ2n) is 17.8. The first-order chi connectivity index (χ1) is 32.8. The minimum atomic E-state index is -0.518. The highest BCUT2D eigenvalue weighted by molar-refractivity contribution is 6.20. The molecule has 11 aromatic carbocycles. The van der Waals surface area contributed by atoms with E-state index >= 15 is 0 Å². The summed E-state index contributed by atoms with van der Waals surface area (Å²) in [5, 5.41) is 9.21. The summed E-state index contributed by atoms with van der Waals surface area (Å²) >= 11 is 0. The zero-order valence-corrected chi connectivity index (χ0v) is 35.6. The van der Waals surface area contributed by atoms with Gasteiger partial charge in [0.25, 0.3) is 0 Å². The topological polar surface area (TPSA) is 29.5 Å². The molecule has 0 radical (unpaired) electrons. The third-order valence-corrected chi connectivity index (χ3v) is 14.7. The lowest BCUT2D eigenvalue weighted by Crippen LogP contribution is -2.31. The zero-order chi connectivity index (χ0) is 43.1. The van der Waals surface area contributed by atoms with Crippen LogP contribution in [0.25, 0.3) is 98.8 Å². The first-order valence-electron chi connectivity index (χ1n) is 22.8. The van der Waals surface area contributed by atoms with E-state index in [0.29, 0.717) is 0 Å². The number of fused-ring (bicyclic) bond motifs is 17. The molecule has 0 bridgehead atoms. The molecule has 0 N–H and O–H groups in total. The van der Waals surface area contributed by atoms with Crippen molar-refractivity contribution in [2.75, 3.05) is 4.90 Å². The van der Waals surface area contributed by atoms with Crippen molar-refractivity contribution in [3.63, 3.8) is 0 Å². The predicted molar refractivity (Wildman–Crippen MR) is 272 cm³/mol. The van der Waals surface area contributed by atoms with Crippen molar-refractivity contribution < 1.29 is 8.83 Å². The summed E-state index contributed by atoms with van der Waals surface area (Å²) in [5.74, 6) is 0. The van der Waals surface area contributed by atoms with Gasteiger partial charge in [0.05, 0.1) is 16.8 Å². The van der Waals surface area contributed by atoms with E-state index in [1.807, 2.05) is 6.07 Å². The highest BCUT2D eigenvalue weighted by atomic mass is 16.3. The van der Waals surface area contributed by atoms with Crippen LogP contribution in [0.3, 0.4) is 0 Å². The molecule has 306 valence electrons. The normalized spacial score (nSPS) is 13.3. The molecule has 3 nitrogen and oxygen atoms in total. The molecule has 2 aliphatic rings. The molecule has 0 fully saturated rings. The number of anilines is 3. The highest BCUT2D eigenvalue weighted by Crippen LogP contribution is 2.63. The van der Waals surface area contributed by atoms with Gasteiger partial charge in [-0.15, -0.1) is 0 Å². The Hall–Kier alpha value is -8.66. The van der Waals surface area contributed by atoms with Gasteiger partial charge in [-0.2, -0.15) is 0 Å². The van der Waals surface area contributed by atoms with Gasteiger partial charge in [0.15, 0.2) is 5.58 Å². The lowest BCUT2D eigenvalue weighted by atomic mass is 9.61. The largest absolute Gasteiger partial charge is 0.455 e. The van der Waals surface area contributed by atoms with E-state index in [-0.39, 0.29) is 0 Å². The van der Waals surface area contributed by atoms with E-state index in [4.69, 9.17) is 8.83 Å². The van der Waals surface area contributed by atoms with Crippen LogP contribution in [0.2, 0.25) is 0 Å². The molecular weight excluding hydrogens is 803 g/mol. The maximum atomic E-state index is 7.48. The second kappa shape index (κ2) is 13.2. The van der Waals surface area contributed by atoms with Gasteiger partial charge >= 0.3 is 0 Å². The molecule has 2 aromatic heterocycles. The van der Waals surface area contributed by atoms with Crippen LogP contribution in [0, 0.1) is 0 Å². The Morgan fingerprint density at radius 3 is 1.71 bits per heavy atom. The number of hydrogen-bond acceptors (Lipinski definition) is 3. The quantitative estimate of drug-likeness (QED) is 0.177. The van der Waals surface area contributed by atoms with Crippen LogP contribution in [0.4, 0.5) is 17.1 Å². The van der Waals surface area contributed by atoms with E-state index in [2.05, 4.69) is 223 Å². The van der Waals surface area contributed by atoms with Gasteiger partial charge in [-0.25, -0.2) is 0 Å². The lowest BCUT2D eigenvalue weighted by Gasteiger charge is -2.39. The number of nitrogens with zero attached hydrogens (tertiary/aromatic N) is 1. The van der Waals surface area contributed by atoms with Crippen LogP contribution in [0.5, 0.6) is 0 Å². The fourth-order valence-corrected chi connectivity index (χ4v) is 12.1. The number of benzene rings is 11. The number of furan rings is 2. The standard InChI is InChI=1S/C63H37NO2/c1-2-18-39(19-3-1)64(56-32-15-27-47-45-24-8-11-33-57(45)65-61(47)56)55-37-35-41(40-20-4-5-23-44(40)55)46-25-14-26-48-49-34-36-54-59(62(49)66-60(46)48)50-28-12-16-38-17-13-31-53(58(38)50)63(54)51-29-9-6-21-42(51)43-22-7-10-30-52(43)63/h1-37H. The van der Waals surface area contributed by atoms with Crippen LogP contribution < -0.4 is 4.90 Å². The van der Waals surface area contributed by atoms with E-state index in [1.54, 1.807) is 0 Å². The molecule has 3 heteroatoms. The molecule has 66 heavy (non-hydrogen) atoms. The van der Waals surface area contributed by atoms with Crippen molar-refractivity contribution in [1.82, 2.24) is 0 Å². The van der Waals surface area contributed by atoms with Gasteiger partial charge < -0.3 is 13.7 Å². The van der Waals surface area contributed by atoms with Crippen LogP contribution in [0.15, 0.2) is 233 Å². The van der Waals surface area contributed by atoms with Crippen LogP contribution in [0.1, 0.15) is 22.3 Å². The zero-order valence-electron chi connectivity index (χ0n) is 35.6. The number of hydrogen-bond donors (Lipinski definition) is 0. The van der Waals surface area contributed by atoms with Crippen LogP contribution in [-0.2, 0) is 5.41 Å². The molecule has 0 amide bonds. The van der Waals surface area contributed by atoms with Crippen molar-refractivity contribution in [1.29, 1.82) is 0 Å². The average molecular weight is 840 g/mol. The summed E-state index contributed by atoms with van der Waals surface area (Å²) in [4.78, 5) is 2.35. The molecule has 1 spiro atoms. The van der Waals surface area contributed by atoms with E-state index in [1.165, 1.54) is 55.3 Å². The van der Waals surface area contributed by atoms with Gasteiger partial charge in [-0.05, 0) is 91.0 Å². The Balaban J connectivity index is 0.987. The SMILES string of the molecule is c1ccc(N(c2ccc(-c3cccc4c3oc3c5c(ccc34)C3(c4ccccc4-c4ccccc43)c3cccc4cccc-5c34)c3ccccc23)c2cccc3c2oc2ccccc23)cc1. The van der Waals surface area contributed by atoms with E-state index in [9.17, 15) is 0 Å². The average Bonchev–Trinajstić information content (AvgIpc) is 4.05. The lowest BCUT2D eigenvalue weighted by molar-refractivity contribution is 0.668. The molecule has 0 unspecified atom stereocenters. The summed E-state index contributed by atoms with van der Waals surface area (Å²) in [6, 6.07) is 81.7. The molecule has 2 heterocycles. The van der Waals surface area contributed by atoms with Gasteiger partial charge in [-0.3, -0.25) is 0 Å². The molecule has 0 saturated carbocycles. The molecule has 13 aromatic rings. The first-order valence-corrected chi connectivity index (χ1v) is 22.8. The predicted octanol–water partition coefficient (Wildman–Crippen LogP) is 17.3. The molecule has 0 aliphatic heterocycles. The summed E-state index contributed by atoms with van der Waals surface area (Å²) in [7, 11) is 0. The van der Waals surface area contributed by atoms with Crippen LogP contribution in [-0.4, -0.2) is 0 Å². The van der Waals surface area contributed by atoms with Crippen molar-refractivity contribution in [3.05, 3.63) is 247 Å². The monoisotopic (exact) mass is 839 g/mol. The third-order valence-electron chi connectivity index (χ3n) is 14.7. The fraction of sp³-hybridized carbons (Fsp3) is 0.0159. The third kappa shape index (κ3) is 4.56. The van der Waals surface area contributed by atoms with E-state index in [0.717, 1.165) is 82.8 Å². The Bertz CT molecular complexity index is 4140. The molecule has 15 rings (SSSR count). The summed E-state index contributed by atoms with van der Waals surface area (Å²) < 4.78 is 14.2. The molecular formula is C63H37NO2. The minimum absolute atomic E-state index is 0.518. The van der Waals surface area contributed by atoms with E-state index < -0.39 is 5.41 Å².